The third kappa shape index (κ3) is 3.26. The molecule has 1 aromatic heterocycles. The van der Waals surface area contributed by atoms with Crippen molar-refractivity contribution in [3.8, 4) is 0 Å². The van der Waals surface area contributed by atoms with Gasteiger partial charge in [-0.1, -0.05) is 11.6 Å². The van der Waals surface area contributed by atoms with Crippen LogP contribution >= 0.6 is 23.4 Å². The van der Waals surface area contributed by atoms with Crippen molar-refractivity contribution in [2.75, 3.05) is 11.0 Å². The summed E-state index contributed by atoms with van der Waals surface area (Å²) in [4.78, 5) is 0.788. The van der Waals surface area contributed by atoms with Gasteiger partial charge in [-0.2, -0.15) is 8.42 Å². The highest BCUT2D eigenvalue weighted by Crippen LogP contribution is 2.30. The van der Waals surface area contributed by atoms with E-state index in [2.05, 4.69) is 4.72 Å². The number of hydrogen-bond donors (Lipinski definition) is 1. The normalized spacial score (nSPS) is 11.5. The third-order valence-corrected chi connectivity index (χ3v) is 4.66. The molecule has 19 heavy (non-hydrogen) atoms. The van der Waals surface area contributed by atoms with Crippen LogP contribution in [0.4, 0.5) is 5.69 Å². The maximum atomic E-state index is 12.1. The zero-order chi connectivity index (χ0) is 14.0. The van der Waals surface area contributed by atoms with Crippen LogP contribution in [0.25, 0.3) is 0 Å². The summed E-state index contributed by atoms with van der Waals surface area (Å²) in [6.07, 6.45) is 1.86. The van der Waals surface area contributed by atoms with Crippen LogP contribution in [0.3, 0.4) is 0 Å². The van der Waals surface area contributed by atoms with E-state index in [-0.39, 0.29) is 5.09 Å². The number of aryl methyl sites for hydroxylation is 1. The second-order valence-corrected chi connectivity index (χ2v) is 6.71. The number of anilines is 1. The van der Waals surface area contributed by atoms with E-state index in [1.54, 1.807) is 31.2 Å². The van der Waals surface area contributed by atoms with Crippen LogP contribution in [0.15, 0.2) is 44.7 Å². The van der Waals surface area contributed by atoms with Crippen molar-refractivity contribution < 1.29 is 12.8 Å². The van der Waals surface area contributed by atoms with Gasteiger partial charge in [0.15, 0.2) is 0 Å². The van der Waals surface area contributed by atoms with E-state index in [0.29, 0.717) is 16.5 Å². The zero-order valence-corrected chi connectivity index (χ0v) is 12.7. The average Bonchev–Trinajstić information content (AvgIpc) is 2.76. The number of halogens is 1. The smallest absolute Gasteiger partial charge is 0.295 e. The van der Waals surface area contributed by atoms with Gasteiger partial charge >= 0.3 is 0 Å². The Labute approximate surface area is 121 Å². The Balaban J connectivity index is 2.38. The highest BCUT2D eigenvalue weighted by molar-refractivity contribution is 7.99. The number of rotatable bonds is 4. The van der Waals surface area contributed by atoms with Crippen molar-refractivity contribution in [1.82, 2.24) is 0 Å². The Bertz CT molecular complexity index is 695. The Morgan fingerprint density at radius 1 is 1.26 bits per heavy atom. The molecule has 1 N–H and O–H groups in total. The predicted octanol–water partition coefficient (Wildman–Crippen LogP) is 3.76. The van der Waals surface area contributed by atoms with Crippen molar-refractivity contribution in [3.05, 3.63) is 41.1 Å². The minimum absolute atomic E-state index is 0.114. The molecule has 1 heterocycles. The topological polar surface area (TPSA) is 59.3 Å². The summed E-state index contributed by atoms with van der Waals surface area (Å²) in [5.74, 6) is 0.538. The number of nitrogens with one attached hydrogen (secondary N) is 1. The molecule has 0 aliphatic heterocycles. The van der Waals surface area contributed by atoms with Gasteiger partial charge in [-0.25, -0.2) is 0 Å². The quantitative estimate of drug-likeness (QED) is 0.872. The first-order valence-electron chi connectivity index (χ1n) is 5.35. The molecule has 0 unspecified atom stereocenters. The van der Waals surface area contributed by atoms with E-state index in [0.717, 1.165) is 4.90 Å². The highest BCUT2D eigenvalue weighted by Gasteiger charge is 2.19. The van der Waals surface area contributed by atoms with Crippen LogP contribution in [0.1, 0.15) is 5.76 Å². The number of thioether (sulfide) groups is 1. The molecule has 0 aliphatic carbocycles. The van der Waals surface area contributed by atoms with Crippen molar-refractivity contribution in [2.45, 2.75) is 16.9 Å². The van der Waals surface area contributed by atoms with Gasteiger partial charge in [-0.05, 0) is 43.5 Å². The zero-order valence-electron chi connectivity index (χ0n) is 10.3. The number of furan rings is 1. The van der Waals surface area contributed by atoms with E-state index < -0.39 is 10.0 Å². The van der Waals surface area contributed by atoms with Crippen LogP contribution in [-0.2, 0) is 10.0 Å². The van der Waals surface area contributed by atoms with Gasteiger partial charge in [0, 0.05) is 9.92 Å². The second-order valence-electron chi connectivity index (χ2n) is 3.82. The number of benzene rings is 1. The molecule has 0 radical (unpaired) electrons. The Kier molecular flexibility index (Phi) is 4.13. The lowest BCUT2D eigenvalue weighted by Gasteiger charge is -2.10. The van der Waals surface area contributed by atoms with Gasteiger partial charge in [-0.3, -0.25) is 4.72 Å². The summed E-state index contributed by atoms with van der Waals surface area (Å²) in [5.41, 5.74) is 0.439. The monoisotopic (exact) mass is 317 g/mol. The van der Waals surface area contributed by atoms with Gasteiger partial charge in [0.2, 0.25) is 5.09 Å². The molecule has 4 nitrogen and oxygen atoms in total. The molecule has 0 aliphatic rings. The molecular weight excluding hydrogens is 306 g/mol. The van der Waals surface area contributed by atoms with Crippen LogP contribution in [0.2, 0.25) is 5.02 Å². The molecule has 0 saturated carbocycles. The van der Waals surface area contributed by atoms with Crippen molar-refractivity contribution in [3.63, 3.8) is 0 Å². The molecule has 1 aromatic carbocycles. The number of hydrogen-bond acceptors (Lipinski definition) is 4. The molecule has 0 saturated heterocycles. The summed E-state index contributed by atoms with van der Waals surface area (Å²) >= 11 is 7.31. The molecular formula is C12H12ClNO3S2. The summed E-state index contributed by atoms with van der Waals surface area (Å²) in [6.45, 7) is 1.69. The van der Waals surface area contributed by atoms with Gasteiger partial charge in [0.25, 0.3) is 10.0 Å². The summed E-state index contributed by atoms with van der Waals surface area (Å²) in [7, 11) is -3.73. The molecule has 2 rings (SSSR count). The standard InChI is InChI=1S/C12H12ClNO3S2/c1-8-3-6-12(17-8)19(15,16)14-10-7-9(13)4-5-11(10)18-2/h3-7,14H,1-2H3. The van der Waals surface area contributed by atoms with Crippen molar-refractivity contribution >= 4 is 39.1 Å². The van der Waals surface area contributed by atoms with Gasteiger partial charge in [-0.15, -0.1) is 11.8 Å². The second kappa shape index (κ2) is 5.48. The van der Waals surface area contributed by atoms with E-state index in [1.165, 1.54) is 17.8 Å². The lowest BCUT2D eigenvalue weighted by molar-refractivity contribution is 0.430. The lowest BCUT2D eigenvalue weighted by atomic mass is 10.3. The molecule has 7 heteroatoms. The summed E-state index contributed by atoms with van der Waals surface area (Å²) < 4.78 is 31.9. The van der Waals surface area contributed by atoms with Crippen LogP contribution in [0.5, 0.6) is 0 Å². The first-order valence-corrected chi connectivity index (χ1v) is 8.44. The van der Waals surface area contributed by atoms with Crippen LogP contribution in [0, 0.1) is 6.92 Å². The average molecular weight is 318 g/mol. The number of sulfonamides is 1. The molecule has 0 bridgehead atoms. The van der Waals surface area contributed by atoms with Gasteiger partial charge in [0.05, 0.1) is 5.69 Å². The van der Waals surface area contributed by atoms with E-state index in [9.17, 15) is 8.42 Å². The molecule has 0 spiro atoms. The molecule has 102 valence electrons. The van der Waals surface area contributed by atoms with Gasteiger partial charge in [0.1, 0.15) is 5.76 Å². The van der Waals surface area contributed by atoms with Crippen LogP contribution < -0.4 is 4.72 Å². The molecule has 2 aromatic rings. The first-order chi connectivity index (χ1) is 8.92. The van der Waals surface area contributed by atoms with Crippen molar-refractivity contribution in [1.29, 1.82) is 0 Å². The minimum Gasteiger partial charge on any atom is -0.448 e. The fourth-order valence-electron chi connectivity index (χ4n) is 1.51. The maximum absolute atomic E-state index is 12.1. The predicted molar refractivity (Wildman–Crippen MR) is 77.5 cm³/mol. The molecule has 0 atom stereocenters. The van der Waals surface area contributed by atoms with E-state index >= 15 is 0 Å². The minimum atomic E-state index is -3.73. The Hall–Kier alpha value is -1.11. The fraction of sp³-hybridized carbons (Fsp3) is 0.167. The van der Waals surface area contributed by atoms with E-state index in [4.69, 9.17) is 16.0 Å². The first kappa shape index (κ1) is 14.3. The Morgan fingerprint density at radius 2 is 2.00 bits per heavy atom. The highest BCUT2D eigenvalue weighted by atomic mass is 35.5. The summed E-state index contributed by atoms with van der Waals surface area (Å²) in [5, 5.41) is 0.350. The third-order valence-electron chi connectivity index (χ3n) is 2.39. The molecule has 0 fully saturated rings. The van der Waals surface area contributed by atoms with Crippen molar-refractivity contribution in [2.24, 2.45) is 0 Å². The largest absolute Gasteiger partial charge is 0.448 e. The lowest BCUT2D eigenvalue weighted by Crippen LogP contribution is -2.12. The molecule has 0 amide bonds. The van der Waals surface area contributed by atoms with Crippen LogP contribution in [-0.4, -0.2) is 14.7 Å². The van der Waals surface area contributed by atoms with Gasteiger partial charge < -0.3 is 4.42 Å². The SMILES string of the molecule is CSc1ccc(Cl)cc1NS(=O)(=O)c1ccc(C)o1. The Morgan fingerprint density at radius 3 is 2.58 bits per heavy atom. The van der Waals surface area contributed by atoms with E-state index in [1.807, 2.05) is 6.26 Å². The maximum Gasteiger partial charge on any atom is 0.295 e. The summed E-state index contributed by atoms with van der Waals surface area (Å²) in [6, 6.07) is 8.06. The fourth-order valence-corrected chi connectivity index (χ4v) is 3.33.